The van der Waals surface area contributed by atoms with Gasteiger partial charge in [-0.2, -0.15) is 9.78 Å². The predicted octanol–water partition coefficient (Wildman–Crippen LogP) is 1.90. The van der Waals surface area contributed by atoms with Gasteiger partial charge in [-0.05, 0) is 37.1 Å². The lowest BCUT2D eigenvalue weighted by molar-refractivity contribution is -0.125. The molecule has 0 saturated heterocycles. The van der Waals surface area contributed by atoms with Crippen LogP contribution in [0.25, 0.3) is 11.3 Å². The minimum atomic E-state index is -0.905. The number of hydrogen-bond donors (Lipinski definition) is 3. The number of aromatic nitrogens is 2. The summed E-state index contributed by atoms with van der Waals surface area (Å²) in [5.41, 5.74) is 0.831. The Morgan fingerprint density at radius 1 is 1.28 bits per heavy atom. The summed E-state index contributed by atoms with van der Waals surface area (Å²) in [6.07, 6.45) is 0.518. The predicted molar refractivity (Wildman–Crippen MR) is 115 cm³/mol. The van der Waals surface area contributed by atoms with Gasteiger partial charge in [0.05, 0.1) is 18.0 Å². The van der Waals surface area contributed by atoms with Crippen molar-refractivity contribution in [2.75, 3.05) is 26.7 Å². The molecular formula is C22H29F2N5O3. The number of rotatable bonds is 5. The van der Waals surface area contributed by atoms with Gasteiger partial charge in [-0.1, -0.05) is 20.8 Å². The average Bonchev–Trinajstić information content (AvgIpc) is 3.09. The van der Waals surface area contributed by atoms with Crippen LogP contribution in [0.1, 0.15) is 32.0 Å². The summed E-state index contributed by atoms with van der Waals surface area (Å²) in [5, 5.41) is 18.6. The van der Waals surface area contributed by atoms with E-state index in [1.54, 1.807) is 20.8 Å². The van der Waals surface area contributed by atoms with Crippen molar-refractivity contribution in [3.8, 4) is 11.3 Å². The van der Waals surface area contributed by atoms with Crippen molar-refractivity contribution >= 4 is 11.9 Å². The zero-order valence-electron chi connectivity index (χ0n) is 18.7. The molecule has 1 aromatic carbocycles. The molecule has 3 rings (SSSR count). The van der Waals surface area contributed by atoms with Crippen LogP contribution in [0.3, 0.4) is 0 Å². The molecule has 1 aromatic heterocycles. The highest BCUT2D eigenvalue weighted by Gasteiger charge is 2.35. The van der Waals surface area contributed by atoms with E-state index in [0.717, 1.165) is 22.9 Å². The monoisotopic (exact) mass is 449 g/mol. The van der Waals surface area contributed by atoms with Crippen molar-refractivity contribution in [1.29, 1.82) is 0 Å². The highest BCUT2D eigenvalue weighted by molar-refractivity contribution is 5.89. The molecule has 0 spiro atoms. The lowest BCUT2D eigenvalue weighted by Crippen LogP contribution is -2.55. The molecule has 32 heavy (non-hydrogen) atoms. The molecule has 0 aliphatic carbocycles. The molecule has 0 bridgehead atoms. The first kappa shape index (κ1) is 23.8. The van der Waals surface area contributed by atoms with Gasteiger partial charge in [-0.15, -0.1) is 0 Å². The minimum Gasteiger partial charge on any atom is -0.395 e. The number of fused-ring (bicyclic) bond motifs is 1. The molecule has 2 amide bonds. The second-order valence-corrected chi connectivity index (χ2v) is 9.06. The van der Waals surface area contributed by atoms with Crippen LogP contribution in [0.15, 0.2) is 18.2 Å². The summed E-state index contributed by atoms with van der Waals surface area (Å²) in [6, 6.07) is 1.59. The van der Waals surface area contributed by atoms with Crippen molar-refractivity contribution in [3.05, 3.63) is 41.1 Å². The van der Waals surface area contributed by atoms with Crippen molar-refractivity contribution < 1.29 is 23.5 Å². The number of hydrogen-bond acceptors (Lipinski definition) is 5. The van der Waals surface area contributed by atoms with Crippen LogP contribution in [0, 0.1) is 17.0 Å². The van der Waals surface area contributed by atoms with Crippen LogP contribution in [0.5, 0.6) is 0 Å². The van der Waals surface area contributed by atoms with Gasteiger partial charge in [0, 0.05) is 30.8 Å². The van der Waals surface area contributed by atoms with Gasteiger partial charge >= 0.3 is 6.03 Å². The molecule has 2 heterocycles. The van der Waals surface area contributed by atoms with E-state index in [1.807, 2.05) is 11.9 Å². The van der Waals surface area contributed by atoms with Gasteiger partial charge in [-0.25, -0.2) is 13.6 Å². The second kappa shape index (κ2) is 9.33. The number of aliphatic hydroxyl groups is 1. The van der Waals surface area contributed by atoms with Crippen LogP contribution < -0.4 is 10.6 Å². The lowest BCUT2D eigenvalue weighted by Gasteiger charge is -2.30. The normalized spacial score (nSPS) is 15.2. The zero-order chi connectivity index (χ0) is 23.6. The van der Waals surface area contributed by atoms with E-state index in [-0.39, 0.29) is 24.4 Å². The first-order chi connectivity index (χ1) is 15.0. The van der Waals surface area contributed by atoms with Crippen molar-refractivity contribution in [2.24, 2.45) is 5.41 Å². The van der Waals surface area contributed by atoms with Crippen LogP contribution in [0.2, 0.25) is 0 Å². The molecule has 2 aromatic rings. The molecule has 0 radical (unpaired) electrons. The fraction of sp³-hybridized carbons (Fsp3) is 0.500. The first-order valence-corrected chi connectivity index (χ1v) is 10.5. The Bertz CT molecular complexity index is 1020. The molecule has 0 unspecified atom stereocenters. The van der Waals surface area contributed by atoms with Crippen LogP contribution >= 0.6 is 0 Å². The van der Waals surface area contributed by atoms with E-state index in [2.05, 4.69) is 15.7 Å². The van der Waals surface area contributed by atoms with Crippen molar-refractivity contribution in [1.82, 2.24) is 25.3 Å². The Kier molecular flexibility index (Phi) is 6.94. The highest BCUT2D eigenvalue weighted by atomic mass is 19.1. The number of halogens is 2. The SMILES string of the molecule is CN1CCc2c(-c3cc(F)ccc3F)nn(C(=O)N[C@H](C(=O)NCCO)C(C)(C)C)c2C1. The molecular weight excluding hydrogens is 420 g/mol. The minimum absolute atomic E-state index is 0.00888. The van der Waals surface area contributed by atoms with Crippen molar-refractivity contribution in [3.63, 3.8) is 0 Å². The van der Waals surface area contributed by atoms with Crippen molar-refractivity contribution in [2.45, 2.75) is 39.8 Å². The summed E-state index contributed by atoms with van der Waals surface area (Å²) >= 11 is 0. The first-order valence-electron chi connectivity index (χ1n) is 10.5. The van der Waals surface area contributed by atoms with Gasteiger partial charge in [-0.3, -0.25) is 4.79 Å². The Morgan fingerprint density at radius 3 is 2.66 bits per heavy atom. The number of aliphatic hydroxyl groups excluding tert-OH is 1. The summed E-state index contributed by atoms with van der Waals surface area (Å²) in [5.74, 6) is -1.67. The van der Waals surface area contributed by atoms with Gasteiger partial charge in [0.1, 0.15) is 17.7 Å². The molecule has 1 aliphatic rings. The third-order valence-corrected chi connectivity index (χ3v) is 5.44. The Balaban J connectivity index is 2.01. The molecule has 174 valence electrons. The standard InChI is InChI=1S/C22H29F2N5O3/c1-22(2,3)19(20(31)25-8-10-30)26-21(32)29-17-12-28(4)9-7-14(17)18(27-29)15-11-13(23)5-6-16(15)24/h5-6,11,19,30H,7-10,12H2,1-4H3,(H,25,31)(H,26,32)/t19-/m1/s1. The number of likely N-dealkylation sites (N-methyl/N-ethyl adjacent to an activating group) is 1. The third kappa shape index (κ3) is 4.97. The number of carbonyl (C=O) groups excluding carboxylic acids is 2. The molecule has 0 saturated carbocycles. The van der Waals surface area contributed by atoms with Gasteiger partial charge in [0.2, 0.25) is 5.91 Å². The van der Waals surface area contributed by atoms with Crippen LogP contribution in [-0.2, 0) is 17.8 Å². The van der Waals surface area contributed by atoms with E-state index in [1.165, 1.54) is 0 Å². The van der Waals surface area contributed by atoms with E-state index in [4.69, 9.17) is 5.11 Å². The molecule has 8 nitrogen and oxygen atoms in total. The van der Waals surface area contributed by atoms with E-state index in [0.29, 0.717) is 30.8 Å². The van der Waals surface area contributed by atoms with Gasteiger partial charge < -0.3 is 20.6 Å². The number of nitrogens with one attached hydrogen (secondary N) is 2. The Morgan fingerprint density at radius 2 is 2.00 bits per heavy atom. The summed E-state index contributed by atoms with van der Waals surface area (Å²) < 4.78 is 29.5. The topological polar surface area (TPSA) is 99.5 Å². The Labute approximate surface area is 185 Å². The fourth-order valence-electron chi connectivity index (χ4n) is 3.75. The Hall–Kier alpha value is -2.85. The van der Waals surface area contributed by atoms with E-state index < -0.39 is 35.0 Å². The highest BCUT2D eigenvalue weighted by Crippen LogP contribution is 2.32. The third-order valence-electron chi connectivity index (χ3n) is 5.44. The van der Waals surface area contributed by atoms with Gasteiger partial charge in [0.25, 0.3) is 0 Å². The molecule has 1 atom stereocenters. The zero-order valence-corrected chi connectivity index (χ0v) is 18.7. The van der Waals surface area contributed by atoms with Crippen LogP contribution in [0.4, 0.5) is 13.6 Å². The smallest absolute Gasteiger partial charge is 0.343 e. The lowest BCUT2D eigenvalue weighted by atomic mass is 9.86. The maximum atomic E-state index is 14.5. The number of nitrogens with zero attached hydrogens (tertiary/aromatic N) is 3. The maximum absolute atomic E-state index is 14.5. The largest absolute Gasteiger partial charge is 0.395 e. The van der Waals surface area contributed by atoms with E-state index >= 15 is 0 Å². The molecule has 3 N–H and O–H groups in total. The maximum Gasteiger partial charge on any atom is 0.343 e. The number of carbonyl (C=O) groups is 2. The summed E-state index contributed by atoms with van der Waals surface area (Å²) in [7, 11) is 1.89. The number of amides is 2. The van der Waals surface area contributed by atoms with Crippen LogP contribution in [-0.4, -0.2) is 64.5 Å². The molecule has 0 fully saturated rings. The summed E-state index contributed by atoms with van der Waals surface area (Å²) in [4.78, 5) is 27.8. The van der Waals surface area contributed by atoms with E-state index in [9.17, 15) is 18.4 Å². The number of benzene rings is 1. The quantitative estimate of drug-likeness (QED) is 0.648. The molecule has 10 heteroatoms. The second-order valence-electron chi connectivity index (χ2n) is 9.06. The molecule has 1 aliphatic heterocycles. The fourth-order valence-corrected chi connectivity index (χ4v) is 3.75. The van der Waals surface area contributed by atoms with Gasteiger partial charge in [0.15, 0.2) is 0 Å². The average molecular weight is 450 g/mol. The summed E-state index contributed by atoms with van der Waals surface area (Å²) in [6.45, 7) is 6.31.